The van der Waals surface area contributed by atoms with E-state index in [0.29, 0.717) is 24.4 Å². The molecule has 8 nitrogen and oxygen atoms in total. The zero-order valence-electron chi connectivity index (χ0n) is 20.0. The molecule has 1 aliphatic carbocycles. The molecule has 3 aromatic rings. The molecule has 8 heteroatoms. The van der Waals surface area contributed by atoms with Crippen molar-refractivity contribution in [3.05, 3.63) is 64.2 Å². The van der Waals surface area contributed by atoms with E-state index in [1.165, 1.54) is 5.56 Å². The molecule has 2 aliphatic rings. The summed E-state index contributed by atoms with van der Waals surface area (Å²) in [7, 11) is 0. The average Bonchev–Trinajstić information content (AvgIpc) is 3.44. The number of aliphatic hydroxyl groups is 1. The summed E-state index contributed by atoms with van der Waals surface area (Å²) in [6.45, 7) is 5.92. The maximum Gasteiger partial charge on any atom is 0.338 e. The van der Waals surface area contributed by atoms with Gasteiger partial charge in [0.1, 0.15) is 11.4 Å². The molecular weight excluding hydrogens is 430 g/mol. The molecule has 0 saturated heterocycles. The molecule has 1 N–H and O–H groups in total. The molecule has 1 unspecified atom stereocenters. The van der Waals surface area contributed by atoms with Crippen molar-refractivity contribution in [2.24, 2.45) is 5.92 Å². The molecule has 4 heterocycles. The number of hydrogen-bond acceptors (Lipinski definition) is 7. The maximum absolute atomic E-state index is 13.2. The molecule has 1 fully saturated rings. The van der Waals surface area contributed by atoms with Crippen molar-refractivity contribution >= 4 is 11.7 Å². The summed E-state index contributed by atoms with van der Waals surface area (Å²) in [5, 5.41) is 15.5. The van der Waals surface area contributed by atoms with Gasteiger partial charge in [-0.15, -0.1) is 5.10 Å². The highest BCUT2D eigenvalue weighted by Gasteiger charge is 2.48. The van der Waals surface area contributed by atoms with Crippen molar-refractivity contribution in [1.82, 2.24) is 24.6 Å². The van der Waals surface area contributed by atoms with Crippen molar-refractivity contribution in [3.63, 3.8) is 0 Å². The van der Waals surface area contributed by atoms with E-state index in [-0.39, 0.29) is 23.7 Å². The van der Waals surface area contributed by atoms with E-state index in [4.69, 9.17) is 4.74 Å². The first-order valence-electron chi connectivity index (χ1n) is 12.1. The van der Waals surface area contributed by atoms with Crippen LogP contribution < -0.4 is 0 Å². The lowest BCUT2D eigenvalue weighted by Gasteiger charge is -2.41. The van der Waals surface area contributed by atoms with Gasteiger partial charge < -0.3 is 9.84 Å². The molecule has 5 rings (SSSR count). The average molecular weight is 462 g/mol. The molecule has 34 heavy (non-hydrogen) atoms. The smallest absolute Gasteiger partial charge is 0.338 e. The van der Waals surface area contributed by atoms with Crippen LogP contribution in [0.25, 0.3) is 5.78 Å². The predicted octanol–water partition coefficient (Wildman–Crippen LogP) is 4.31. The van der Waals surface area contributed by atoms with Crippen LogP contribution in [0.15, 0.2) is 35.9 Å². The Labute approximate surface area is 199 Å². The summed E-state index contributed by atoms with van der Waals surface area (Å²) in [5.41, 5.74) is 3.68. The molecule has 1 saturated carbocycles. The van der Waals surface area contributed by atoms with Gasteiger partial charge in [0.15, 0.2) is 5.82 Å². The fourth-order valence-corrected chi connectivity index (χ4v) is 5.56. The number of carbonyl (C=O) groups excluding carboxylic acids is 1. The Morgan fingerprint density at radius 3 is 2.59 bits per heavy atom. The second-order valence-corrected chi connectivity index (χ2v) is 9.88. The van der Waals surface area contributed by atoms with Gasteiger partial charge in [-0.1, -0.05) is 12.8 Å². The third-order valence-electron chi connectivity index (χ3n) is 7.14. The first-order valence-corrected chi connectivity index (χ1v) is 12.1. The van der Waals surface area contributed by atoms with Crippen LogP contribution in [0.2, 0.25) is 0 Å². The van der Waals surface area contributed by atoms with Gasteiger partial charge in [-0.3, -0.25) is 4.98 Å². The van der Waals surface area contributed by atoms with Crippen LogP contribution in [0.4, 0.5) is 0 Å². The van der Waals surface area contributed by atoms with Crippen molar-refractivity contribution in [1.29, 1.82) is 0 Å². The van der Waals surface area contributed by atoms with Gasteiger partial charge in [0.2, 0.25) is 0 Å². The molecule has 3 aromatic heterocycles. The van der Waals surface area contributed by atoms with Crippen LogP contribution in [0.1, 0.15) is 66.9 Å². The Hall–Kier alpha value is -3.29. The lowest BCUT2D eigenvalue weighted by atomic mass is 9.76. The summed E-state index contributed by atoms with van der Waals surface area (Å²) < 4.78 is 7.83. The van der Waals surface area contributed by atoms with Gasteiger partial charge in [-0.05, 0) is 75.6 Å². The van der Waals surface area contributed by atoms with Crippen molar-refractivity contribution < 1.29 is 14.6 Å². The Bertz CT molecular complexity index is 1250. The molecule has 0 spiro atoms. The topological polar surface area (TPSA) is 103 Å². The van der Waals surface area contributed by atoms with E-state index >= 15 is 0 Å². The number of aliphatic hydroxyl groups excluding tert-OH is 1. The first-order chi connectivity index (χ1) is 16.3. The third kappa shape index (κ3) is 4.41. The number of carbonyl (C=O) groups is 1. The van der Waals surface area contributed by atoms with E-state index in [1.54, 1.807) is 10.7 Å². The van der Waals surface area contributed by atoms with E-state index in [9.17, 15) is 9.90 Å². The van der Waals surface area contributed by atoms with E-state index in [1.807, 2.05) is 27.0 Å². The minimum atomic E-state index is -0.683. The number of hydrogen-bond donors (Lipinski definition) is 1. The van der Waals surface area contributed by atoms with Crippen molar-refractivity contribution in [3.8, 4) is 0 Å². The molecule has 0 amide bonds. The van der Waals surface area contributed by atoms with Gasteiger partial charge in [0, 0.05) is 36.6 Å². The number of rotatable bonds is 6. The fourth-order valence-electron chi connectivity index (χ4n) is 5.56. The Kier molecular flexibility index (Phi) is 5.83. The monoisotopic (exact) mass is 461 g/mol. The molecule has 0 radical (unpaired) electrons. The minimum absolute atomic E-state index is 0.105. The summed E-state index contributed by atoms with van der Waals surface area (Å²) in [6, 6.07) is 4.18. The zero-order chi connectivity index (χ0) is 23.9. The quantitative estimate of drug-likeness (QED) is 0.546. The lowest BCUT2D eigenvalue weighted by molar-refractivity contribution is -0.167. The highest BCUT2D eigenvalue weighted by atomic mass is 16.6. The molecular formula is C26H31N5O3. The van der Waals surface area contributed by atoms with E-state index in [2.05, 4.69) is 32.2 Å². The van der Waals surface area contributed by atoms with Crippen LogP contribution in [0, 0.1) is 26.7 Å². The first kappa shape index (κ1) is 22.5. The van der Waals surface area contributed by atoms with Gasteiger partial charge in [0.25, 0.3) is 5.78 Å². The van der Waals surface area contributed by atoms with Gasteiger partial charge in [-0.25, -0.2) is 14.3 Å². The Morgan fingerprint density at radius 1 is 1.15 bits per heavy atom. The lowest BCUT2D eigenvalue weighted by Crippen LogP contribution is -2.46. The van der Waals surface area contributed by atoms with E-state index < -0.39 is 11.6 Å². The number of ether oxygens (including phenoxy) is 1. The predicted molar refractivity (Wildman–Crippen MR) is 126 cm³/mol. The van der Waals surface area contributed by atoms with Crippen LogP contribution >= 0.6 is 0 Å². The number of cyclic esters (lactones) is 1. The standard InChI is InChI=1S/C26H31N5O3/c1-16-14-27-25-29-23(30-31(25)15-16)12-21-22(32)13-26(34-24(21)33,20-6-4-5-7-20)9-8-19-10-17(2)28-18(3)11-19/h10-11,14-15,20,32H,4-9,12-13H2,1-3H3. The molecule has 1 aliphatic heterocycles. The number of pyridine rings is 1. The molecule has 0 bridgehead atoms. The van der Waals surface area contributed by atoms with Crippen molar-refractivity contribution in [2.45, 2.75) is 77.7 Å². The van der Waals surface area contributed by atoms with Gasteiger partial charge >= 0.3 is 5.97 Å². The zero-order valence-corrected chi connectivity index (χ0v) is 20.0. The summed E-state index contributed by atoms with van der Waals surface area (Å²) in [4.78, 5) is 26.4. The minimum Gasteiger partial charge on any atom is -0.512 e. The second-order valence-electron chi connectivity index (χ2n) is 9.88. The largest absolute Gasteiger partial charge is 0.512 e. The fraction of sp³-hybridized carbons (Fsp3) is 0.500. The number of esters is 1. The highest BCUT2D eigenvalue weighted by Crippen LogP contribution is 2.46. The Balaban J connectivity index is 1.40. The highest BCUT2D eigenvalue weighted by molar-refractivity contribution is 5.90. The van der Waals surface area contributed by atoms with E-state index in [0.717, 1.165) is 49.1 Å². The number of nitrogens with zero attached hydrogens (tertiary/aromatic N) is 5. The SMILES string of the molecule is Cc1cnc2nc(CC3=C(O)CC(CCc4cc(C)nc(C)c4)(C4CCCC4)OC3=O)nn2c1. The van der Waals surface area contributed by atoms with Crippen LogP contribution in [0.5, 0.6) is 0 Å². The molecule has 1 atom stereocenters. The third-order valence-corrected chi connectivity index (χ3v) is 7.14. The van der Waals surface area contributed by atoms with Crippen molar-refractivity contribution in [2.75, 3.05) is 0 Å². The summed E-state index contributed by atoms with van der Waals surface area (Å²) in [5.74, 6) is 0.805. The molecule has 0 aromatic carbocycles. The Morgan fingerprint density at radius 2 is 1.88 bits per heavy atom. The van der Waals surface area contributed by atoms with Gasteiger partial charge in [0.05, 0.1) is 5.57 Å². The maximum atomic E-state index is 13.2. The van der Waals surface area contributed by atoms with Crippen LogP contribution in [-0.4, -0.2) is 41.2 Å². The summed E-state index contributed by atoms with van der Waals surface area (Å²) in [6.07, 6.45) is 9.77. The molecule has 178 valence electrons. The van der Waals surface area contributed by atoms with Crippen LogP contribution in [-0.2, 0) is 22.4 Å². The van der Waals surface area contributed by atoms with Crippen LogP contribution in [0.3, 0.4) is 0 Å². The number of fused-ring (bicyclic) bond motifs is 1. The normalized spacial score (nSPS) is 21.4. The number of aromatic nitrogens is 5. The number of aryl methyl sites for hydroxylation is 4. The summed E-state index contributed by atoms with van der Waals surface area (Å²) >= 11 is 0. The second kappa shape index (κ2) is 8.81. The van der Waals surface area contributed by atoms with Gasteiger partial charge in [-0.2, -0.15) is 4.98 Å².